The molecule has 0 aliphatic heterocycles. The number of carbonyl (C=O) groups excluding carboxylic acids is 2. The number of hydrogen-bond acceptors (Lipinski definition) is 5. The van der Waals surface area contributed by atoms with E-state index in [1.165, 1.54) is 218 Å². The zero-order valence-corrected chi connectivity index (χ0v) is 40.7. The van der Waals surface area contributed by atoms with Crippen LogP contribution in [0.2, 0.25) is 0 Å². The van der Waals surface area contributed by atoms with Gasteiger partial charge < -0.3 is 20.3 Å². The summed E-state index contributed by atoms with van der Waals surface area (Å²) in [7, 11) is 0. The minimum Gasteiger partial charge on any atom is -0.466 e. The molecule has 0 spiro atoms. The predicted octanol–water partition coefficient (Wildman–Crippen LogP) is 16.4. The summed E-state index contributed by atoms with van der Waals surface area (Å²) in [5.74, 6) is -0.0787. The van der Waals surface area contributed by atoms with Gasteiger partial charge in [-0.25, -0.2) is 0 Å². The molecule has 0 rings (SSSR count). The second-order valence-corrected chi connectivity index (χ2v) is 18.9. The number of aliphatic hydroxyl groups is 2. The molecule has 0 aromatic rings. The highest BCUT2D eigenvalue weighted by atomic mass is 16.5. The summed E-state index contributed by atoms with van der Waals surface area (Å²) >= 11 is 0. The van der Waals surface area contributed by atoms with Crippen LogP contribution in [0.5, 0.6) is 0 Å². The number of esters is 1. The largest absolute Gasteiger partial charge is 0.466 e. The Balaban J connectivity index is 3.44. The van der Waals surface area contributed by atoms with Crippen molar-refractivity contribution in [3.05, 3.63) is 0 Å². The normalized spacial score (nSPS) is 12.5. The number of carbonyl (C=O) groups is 2. The van der Waals surface area contributed by atoms with Gasteiger partial charge in [0.2, 0.25) is 5.91 Å². The Morgan fingerprint density at radius 1 is 0.400 bits per heavy atom. The molecule has 6 heteroatoms. The Morgan fingerprint density at radius 3 is 1.02 bits per heavy atom. The highest BCUT2D eigenvalue weighted by Gasteiger charge is 2.20. The molecule has 60 heavy (non-hydrogen) atoms. The fraction of sp³-hybridized carbons (Fsp3) is 0.963. The monoisotopic (exact) mass is 850 g/mol. The van der Waals surface area contributed by atoms with E-state index in [1.807, 2.05) is 0 Å². The van der Waals surface area contributed by atoms with Crippen molar-refractivity contribution in [2.75, 3.05) is 13.2 Å². The average Bonchev–Trinajstić information content (AvgIpc) is 3.25. The number of hydrogen-bond donors (Lipinski definition) is 3. The number of nitrogens with one attached hydrogen (secondary N) is 1. The van der Waals surface area contributed by atoms with Gasteiger partial charge in [0, 0.05) is 12.8 Å². The van der Waals surface area contributed by atoms with E-state index in [9.17, 15) is 19.8 Å². The first-order chi connectivity index (χ1) is 29.5. The van der Waals surface area contributed by atoms with E-state index in [-0.39, 0.29) is 18.5 Å². The lowest BCUT2D eigenvalue weighted by atomic mass is 10.0. The molecular weight excluding hydrogens is 743 g/mol. The van der Waals surface area contributed by atoms with Crippen LogP contribution >= 0.6 is 0 Å². The lowest BCUT2D eigenvalue weighted by Crippen LogP contribution is -2.45. The SMILES string of the molecule is CCCCCCCCCCCCCCCCCCCCCC(=O)OCCCCCCCCCCCC(=O)NC(CO)C(O)CCCCCCCCCCCCCCCCC. The van der Waals surface area contributed by atoms with E-state index in [0.29, 0.717) is 25.9 Å². The molecule has 0 aliphatic carbocycles. The van der Waals surface area contributed by atoms with Gasteiger partial charge in [-0.2, -0.15) is 0 Å². The van der Waals surface area contributed by atoms with Crippen LogP contribution in [0.25, 0.3) is 0 Å². The predicted molar refractivity (Wildman–Crippen MR) is 260 cm³/mol. The minimum atomic E-state index is -0.679. The highest BCUT2D eigenvalue weighted by Crippen LogP contribution is 2.17. The first-order valence-electron chi connectivity index (χ1n) is 27.3. The maximum atomic E-state index is 12.5. The minimum absolute atomic E-state index is 0.0193. The Bertz CT molecular complexity index is 852. The second-order valence-electron chi connectivity index (χ2n) is 18.9. The summed E-state index contributed by atoms with van der Waals surface area (Å²) in [5, 5.41) is 23.2. The fourth-order valence-corrected chi connectivity index (χ4v) is 8.70. The maximum absolute atomic E-state index is 12.5. The fourth-order valence-electron chi connectivity index (χ4n) is 8.70. The lowest BCUT2D eigenvalue weighted by Gasteiger charge is -2.22. The van der Waals surface area contributed by atoms with Crippen molar-refractivity contribution in [1.29, 1.82) is 0 Å². The van der Waals surface area contributed by atoms with Crippen molar-refractivity contribution in [2.45, 2.75) is 321 Å². The molecule has 2 atom stereocenters. The molecule has 0 heterocycles. The highest BCUT2D eigenvalue weighted by molar-refractivity contribution is 5.76. The zero-order valence-electron chi connectivity index (χ0n) is 40.7. The molecule has 2 unspecified atom stereocenters. The van der Waals surface area contributed by atoms with E-state index in [2.05, 4.69) is 19.2 Å². The Hall–Kier alpha value is -1.14. The van der Waals surface area contributed by atoms with E-state index >= 15 is 0 Å². The molecule has 0 saturated heterocycles. The van der Waals surface area contributed by atoms with Crippen LogP contribution in [-0.2, 0) is 14.3 Å². The van der Waals surface area contributed by atoms with Gasteiger partial charge in [0.05, 0.1) is 25.4 Å². The summed E-state index contributed by atoms with van der Waals surface area (Å²) in [4.78, 5) is 24.5. The topological polar surface area (TPSA) is 95.9 Å². The van der Waals surface area contributed by atoms with Crippen molar-refractivity contribution in [2.24, 2.45) is 0 Å². The van der Waals surface area contributed by atoms with Gasteiger partial charge in [0.15, 0.2) is 0 Å². The van der Waals surface area contributed by atoms with Crippen LogP contribution in [0.15, 0.2) is 0 Å². The van der Waals surface area contributed by atoms with Crippen molar-refractivity contribution in [1.82, 2.24) is 5.32 Å². The molecule has 0 fully saturated rings. The van der Waals surface area contributed by atoms with Gasteiger partial charge in [-0.15, -0.1) is 0 Å². The average molecular weight is 850 g/mol. The van der Waals surface area contributed by atoms with Crippen LogP contribution in [-0.4, -0.2) is 47.4 Å². The van der Waals surface area contributed by atoms with Crippen molar-refractivity contribution in [3.63, 3.8) is 0 Å². The quantitative estimate of drug-likeness (QED) is 0.0418. The third kappa shape index (κ3) is 46.4. The number of aliphatic hydroxyl groups excluding tert-OH is 2. The molecule has 0 aliphatic rings. The molecule has 6 nitrogen and oxygen atoms in total. The van der Waals surface area contributed by atoms with Crippen LogP contribution in [0, 0.1) is 0 Å². The van der Waals surface area contributed by atoms with E-state index < -0.39 is 12.1 Å². The van der Waals surface area contributed by atoms with E-state index in [1.54, 1.807) is 0 Å². The van der Waals surface area contributed by atoms with Gasteiger partial charge >= 0.3 is 5.97 Å². The first-order valence-corrected chi connectivity index (χ1v) is 27.3. The molecule has 0 bridgehead atoms. The maximum Gasteiger partial charge on any atom is 0.305 e. The van der Waals surface area contributed by atoms with Gasteiger partial charge in [-0.3, -0.25) is 9.59 Å². The second kappa shape index (κ2) is 50.5. The van der Waals surface area contributed by atoms with E-state index in [0.717, 1.165) is 57.8 Å². The molecule has 0 saturated carbocycles. The molecular formula is C54H107NO5. The molecule has 1 amide bonds. The molecule has 358 valence electrons. The molecule has 0 aromatic carbocycles. The van der Waals surface area contributed by atoms with Gasteiger partial charge in [0.25, 0.3) is 0 Å². The lowest BCUT2D eigenvalue weighted by molar-refractivity contribution is -0.143. The summed E-state index contributed by atoms with van der Waals surface area (Å²) in [6.45, 7) is 4.92. The van der Waals surface area contributed by atoms with Crippen molar-refractivity contribution in [3.8, 4) is 0 Å². The summed E-state index contributed by atoms with van der Waals surface area (Å²) in [6, 6.07) is -0.559. The van der Waals surface area contributed by atoms with Crippen LogP contribution in [0.3, 0.4) is 0 Å². The summed E-state index contributed by atoms with van der Waals surface area (Å²) in [5.41, 5.74) is 0. The molecule has 0 aromatic heterocycles. The van der Waals surface area contributed by atoms with Gasteiger partial charge in [0.1, 0.15) is 0 Å². The van der Waals surface area contributed by atoms with E-state index in [4.69, 9.17) is 4.74 Å². The first kappa shape index (κ1) is 58.9. The van der Waals surface area contributed by atoms with Gasteiger partial charge in [-0.1, -0.05) is 271 Å². The van der Waals surface area contributed by atoms with Gasteiger partial charge in [-0.05, 0) is 25.7 Å². The number of rotatable bonds is 51. The Kier molecular flexibility index (Phi) is 49.5. The number of unbranched alkanes of at least 4 members (excludes halogenated alkanes) is 40. The third-order valence-electron chi connectivity index (χ3n) is 12.9. The summed E-state index contributed by atoms with van der Waals surface area (Å²) in [6.07, 6.45) is 56.5. The standard InChI is InChI=1S/C54H107NO5/c1-3-5-7-9-11-13-15-17-19-20-21-22-24-26-28-32-36-40-44-48-54(59)60-49-45-41-37-33-29-31-35-39-43-47-53(58)55-51(50-56)52(57)46-42-38-34-30-27-25-23-18-16-14-12-10-8-6-4-2/h51-52,56-57H,3-50H2,1-2H3,(H,55,58). The Labute approximate surface area is 375 Å². The smallest absolute Gasteiger partial charge is 0.305 e. The zero-order chi connectivity index (χ0) is 43.7. The Morgan fingerprint density at radius 2 is 0.683 bits per heavy atom. The number of ether oxygens (including phenoxy) is 1. The summed E-state index contributed by atoms with van der Waals surface area (Å²) < 4.78 is 5.47. The molecule has 0 radical (unpaired) electrons. The van der Waals surface area contributed by atoms with Crippen LogP contribution < -0.4 is 5.32 Å². The third-order valence-corrected chi connectivity index (χ3v) is 12.9. The molecule has 3 N–H and O–H groups in total. The van der Waals surface area contributed by atoms with Crippen LogP contribution in [0.1, 0.15) is 309 Å². The van der Waals surface area contributed by atoms with Crippen molar-refractivity contribution < 1.29 is 24.5 Å². The van der Waals surface area contributed by atoms with Crippen LogP contribution in [0.4, 0.5) is 0 Å². The van der Waals surface area contributed by atoms with Crippen molar-refractivity contribution >= 4 is 11.9 Å². The number of amides is 1.